The summed E-state index contributed by atoms with van der Waals surface area (Å²) < 4.78 is 32.0. The fraction of sp³-hybridized carbons (Fsp3) is 0.357. The number of aromatic nitrogens is 1. The molecule has 23 heavy (non-hydrogen) atoms. The van der Waals surface area contributed by atoms with Crippen molar-refractivity contribution in [3.63, 3.8) is 0 Å². The molecular weight excluding hydrogens is 361 g/mol. The van der Waals surface area contributed by atoms with Gasteiger partial charge in [-0.15, -0.1) is 12.4 Å². The van der Waals surface area contributed by atoms with Crippen molar-refractivity contribution in [3.05, 3.63) is 29.4 Å². The highest BCUT2D eigenvalue weighted by Gasteiger charge is 2.28. The smallest absolute Gasteiger partial charge is 0.260 e. The molecule has 9 heteroatoms. The van der Waals surface area contributed by atoms with Crippen LogP contribution in [-0.4, -0.2) is 51.0 Å². The normalized spacial score (nSPS) is 16.1. The molecule has 1 N–H and O–H groups in total. The van der Waals surface area contributed by atoms with Crippen molar-refractivity contribution < 1.29 is 13.2 Å². The quantitative estimate of drug-likeness (QED) is 0.827. The third-order valence-electron chi connectivity index (χ3n) is 3.65. The van der Waals surface area contributed by atoms with Crippen LogP contribution < -0.4 is 10.1 Å². The number of sulfonamides is 1. The second-order valence-corrected chi connectivity index (χ2v) is 7.21. The standard InChI is InChI=1S/C14H16ClN3O3S.ClH/c1-21-11-4-2-3-10-9-12(17-14(15)13(10)11)22(19,20)18-7-5-16-6-8-18;/h2-4,9,16H,5-8H2,1H3;1H. The Bertz CT molecular complexity index is 808. The van der Waals surface area contributed by atoms with E-state index in [2.05, 4.69) is 10.3 Å². The summed E-state index contributed by atoms with van der Waals surface area (Å²) in [5, 5.41) is 4.53. The first kappa shape index (κ1) is 18.2. The van der Waals surface area contributed by atoms with E-state index >= 15 is 0 Å². The number of benzene rings is 1. The Labute approximate surface area is 146 Å². The number of hydrogen-bond donors (Lipinski definition) is 1. The maximum Gasteiger partial charge on any atom is 0.260 e. The SMILES string of the molecule is COc1cccc2cc(S(=O)(=O)N3CCNCC3)nc(Cl)c12.Cl. The summed E-state index contributed by atoms with van der Waals surface area (Å²) in [6.07, 6.45) is 0. The summed E-state index contributed by atoms with van der Waals surface area (Å²) in [4.78, 5) is 4.09. The molecule has 0 aliphatic carbocycles. The van der Waals surface area contributed by atoms with Crippen molar-refractivity contribution in [2.45, 2.75) is 5.03 Å². The molecule has 0 saturated carbocycles. The number of nitrogens with one attached hydrogen (secondary N) is 1. The summed E-state index contributed by atoms with van der Waals surface area (Å²) in [7, 11) is -2.10. The van der Waals surface area contributed by atoms with Gasteiger partial charge in [0, 0.05) is 26.2 Å². The van der Waals surface area contributed by atoms with Gasteiger partial charge in [-0.2, -0.15) is 4.31 Å². The number of rotatable bonds is 3. The third kappa shape index (κ3) is 3.39. The maximum atomic E-state index is 12.7. The van der Waals surface area contributed by atoms with Gasteiger partial charge in [0.05, 0.1) is 12.5 Å². The lowest BCUT2D eigenvalue weighted by molar-refractivity contribution is 0.359. The summed E-state index contributed by atoms with van der Waals surface area (Å²) in [5.74, 6) is 0.570. The molecule has 1 saturated heterocycles. The van der Waals surface area contributed by atoms with Crippen LogP contribution in [0.1, 0.15) is 0 Å². The van der Waals surface area contributed by atoms with Crippen LogP contribution in [0, 0.1) is 0 Å². The van der Waals surface area contributed by atoms with Gasteiger partial charge in [-0.05, 0) is 17.5 Å². The highest BCUT2D eigenvalue weighted by Crippen LogP contribution is 2.32. The molecule has 1 aliphatic rings. The fourth-order valence-corrected chi connectivity index (χ4v) is 4.28. The van der Waals surface area contributed by atoms with Crippen LogP contribution >= 0.6 is 24.0 Å². The van der Waals surface area contributed by atoms with Gasteiger partial charge in [0.15, 0.2) is 5.03 Å². The highest BCUT2D eigenvalue weighted by molar-refractivity contribution is 7.89. The second-order valence-electron chi connectivity index (χ2n) is 4.96. The number of methoxy groups -OCH3 is 1. The van der Waals surface area contributed by atoms with Gasteiger partial charge in [0.2, 0.25) is 0 Å². The number of piperazine rings is 1. The van der Waals surface area contributed by atoms with E-state index < -0.39 is 10.0 Å². The largest absolute Gasteiger partial charge is 0.496 e. The van der Waals surface area contributed by atoms with E-state index in [1.54, 1.807) is 24.3 Å². The molecule has 1 aromatic carbocycles. The van der Waals surface area contributed by atoms with Crippen molar-refractivity contribution in [3.8, 4) is 5.75 Å². The van der Waals surface area contributed by atoms with Gasteiger partial charge in [-0.25, -0.2) is 13.4 Å². The minimum atomic E-state index is -3.64. The van der Waals surface area contributed by atoms with E-state index in [0.717, 1.165) is 0 Å². The zero-order chi connectivity index (χ0) is 15.7. The zero-order valence-electron chi connectivity index (χ0n) is 12.5. The van der Waals surface area contributed by atoms with E-state index in [0.29, 0.717) is 42.7 Å². The van der Waals surface area contributed by atoms with Gasteiger partial charge in [0.1, 0.15) is 10.9 Å². The lowest BCUT2D eigenvalue weighted by Crippen LogP contribution is -2.46. The Morgan fingerprint density at radius 2 is 2.00 bits per heavy atom. The van der Waals surface area contributed by atoms with E-state index in [4.69, 9.17) is 16.3 Å². The first-order chi connectivity index (χ1) is 10.5. The van der Waals surface area contributed by atoms with Gasteiger partial charge in [-0.3, -0.25) is 0 Å². The second kappa shape index (κ2) is 7.19. The van der Waals surface area contributed by atoms with Gasteiger partial charge in [0.25, 0.3) is 10.0 Å². The molecule has 0 unspecified atom stereocenters. The molecular formula is C14H17Cl2N3O3S. The fourth-order valence-electron chi connectivity index (χ4n) is 2.53. The average Bonchev–Trinajstić information content (AvgIpc) is 2.54. The van der Waals surface area contributed by atoms with E-state index in [9.17, 15) is 8.42 Å². The molecule has 2 heterocycles. The van der Waals surface area contributed by atoms with Crippen molar-refractivity contribution in [2.75, 3.05) is 33.3 Å². The summed E-state index contributed by atoms with van der Waals surface area (Å²) in [6, 6.07) is 6.89. The lowest BCUT2D eigenvalue weighted by Gasteiger charge is -2.26. The van der Waals surface area contributed by atoms with Crippen LogP contribution in [0.25, 0.3) is 10.8 Å². The van der Waals surface area contributed by atoms with Gasteiger partial charge in [-0.1, -0.05) is 23.7 Å². The van der Waals surface area contributed by atoms with Crippen LogP contribution in [0.2, 0.25) is 5.15 Å². The predicted octanol–water partition coefficient (Wildman–Crippen LogP) is 1.91. The van der Waals surface area contributed by atoms with E-state index in [1.165, 1.54) is 11.4 Å². The molecule has 0 spiro atoms. The minimum Gasteiger partial charge on any atom is -0.496 e. The molecule has 1 aliphatic heterocycles. The summed E-state index contributed by atoms with van der Waals surface area (Å²) in [6.45, 7) is 2.12. The third-order valence-corrected chi connectivity index (χ3v) is 5.71. The molecule has 6 nitrogen and oxygen atoms in total. The van der Waals surface area contributed by atoms with E-state index in [1.807, 2.05) is 0 Å². The van der Waals surface area contributed by atoms with Crippen LogP contribution in [0.5, 0.6) is 5.75 Å². The minimum absolute atomic E-state index is 0. The molecule has 0 amide bonds. The number of pyridine rings is 1. The van der Waals surface area contributed by atoms with E-state index in [-0.39, 0.29) is 22.6 Å². The molecule has 1 aromatic heterocycles. The molecule has 3 rings (SSSR count). The van der Waals surface area contributed by atoms with Crippen molar-refractivity contribution >= 4 is 44.8 Å². The Balaban J connectivity index is 0.00000192. The molecule has 1 fully saturated rings. The predicted molar refractivity (Wildman–Crippen MR) is 92.2 cm³/mol. The monoisotopic (exact) mass is 377 g/mol. The number of hydrogen-bond acceptors (Lipinski definition) is 5. The average molecular weight is 378 g/mol. The van der Waals surface area contributed by atoms with Crippen LogP contribution in [-0.2, 0) is 10.0 Å². The zero-order valence-corrected chi connectivity index (χ0v) is 14.8. The number of halogens is 2. The Hall–Kier alpha value is -1.12. The van der Waals surface area contributed by atoms with Crippen molar-refractivity contribution in [1.29, 1.82) is 0 Å². The van der Waals surface area contributed by atoms with Gasteiger partial charge >= 0.3 is 0 Å². The topological polar surface area (TPSA) is 71.5 Å². The summed E-state index contributed by atoms with van der Waals surface area (Å²) in [5.41, 5.74) is 0. The maximum absolute atomic E-state index is 12.7. The molecule has 0 radical (unpaired) electrons. The number of ether oxygens (including phenoxy) is 1. The molecule has 0 atom stereocenters. The van der Waals surface area contributed by atoms with Crippen LogP contribution in [0.4, 0.5) is 0 Å². The number of nitrogens with zero attached hydrogens (tertiary/aromatic N) is 2. The van der Waals surface area contributed by atoms with Crippen molar-refractivity contribution in [2.24, 2.45) is 0 Å². The number of fused-ring (bicyclic) bond motifs is 1. The van der Waals surface area contributed by atoms with Crippen LogP contribution in [0.15, 0.2) is 29.3 Å². The lowest BCUT2D eigenvalue weighted by atomic mass is 10.1. The first-order valence-electron chi connectivity index (χ1n) is 6.88. The Kier molecular flexibility index (Phi) is 5.70. The Morgan fingerprint density at radius 3 is 2.65 bits per heavy atom. The van der Waals surface area contributed by atoms with Crippen LogP contribution in [0.3, 0.4) is 0 Å². The first-order valence-corrected chi connectivity index (χ1v) is 8.70. The van der Waals surface area contributed by atoms with Gasteiger partial charge < -0.3 is 10.1 Å². The highest BCUT2D eigenvalue weighted by atomic mass is 35.5. The molecule has 2 aromatic rings. The summed E-state index contributed by atoms with van der Waals surface area (Å²) >= 11 is 6.20. The molecule has 126 valence electrons. The van der Waals surface area contributed by atoms with Crippen molar-refractivity contribution in [1.82, 2.24) is 14.6 Å². The molecule has 0 bridgehead atoms. The Morgan fingerprint density at radius 1 is 1.30 bits per heavy atom.